The summed E-state index contributed by atoms with van der Waals surface area (Å²) in [5, 5.41) is 5.23. The number of ether oxygens (including phenoxy) is 3. The lowest BCUT2D eigenvalue weighted by molar-refractivity contribution is -0.136. The lowest BCUT2D eigenvalue weighted by Gasteiger charge is -2.16. The second-order valence-electron chi connectivity index (χ2n) is 4.72. The highest BCUT2D eigenvalue weighted by Gasteiger charge is 2.25. The molecular weight excluding hydrogens is 304 g/mol. The van der Waals surface area contributed by atoms with Crippen LogP contribution in [0.2, 0.25) is 0 Å². The maximum absolute atomic E-state index is 12.0. The molecular formula is C14H30N4O5. The molecule has 0 saturated carbocycles. The van der Waals surface area contributed by atoms with Crippen molar-refractivity contribution in [3.63, 3.8) is 0 Å². The van der Waals surface area contributed by atoms with E-state index >= 15 is 0 Å². The Morgan fingerprint density at radius 2 is 1.35 bits per heavy atom. The van der Waals surface area contributed by atoms with E-state index in [1.165, 1.54) is 0 Å². The maximum Gasteiger partial charge on any atom is 0.232 e. The molecule has 0 fully saturated rings. The highest BCUT2D eigenvalue weighted by molar-refractivity contribution is 6.00. The zero-order valence-corrected chi connectivity index (χ0v) is 13.8. The van der Waals surface area contributed by atoms with Gasteiger partial charge in [-0.1, -0.05) is 0 Å². The molecule has 0 aromatic carbocycles. The molecule has 9 nitrogen and oxygen atoms in total. The first-order valence-electron chi connectivity index (χ1n) is 7.77. The summed E-state index contributed by atoms with van der Waals surface area (Å²) in [4.78, 5) is 24.0. The molecule has 6 N–H and O–H groups in total. The second-order valence-corrected chi connectivity index (χ2v) is 4.72. The first kappa shape index (κ1) is 21.7. The fraction of sp³-hybridized carbons (Fsp3) is 0.857. The molecule has 0 heterocycles. The van der Waals surface area contributed by atoms with Crippen LogP contribution < -0.4 is 22.1 Å². The Bertz CT molecular complexity index is 298. The summed E-state index contributed by atoms with van der Waals surface area (Å²) in [7, 11) is 1.60. The Labute approximate surface area is 137 Å². The molecule has 0 atom stereocenters. The maximum atomic E-state index is 12.0. The summed E-state index contributed by atoms with van der Waals surface area (Å²) < 4.78 is 15.5. The van der Waals surface area contributed by atoms with Gasteiger partial charge >= 0.3 is 0 Å². The first-order valence-corrected chi connectivity index (χ1v) is 7.77. The molecule has 0 aliphatic rings. The van der Waals surface area contributed by atoms with Gasteiger partial charge in [0.2, 0.25) is 11.8 Å². The van der Waals surface area contributed by atoms with Crippen LogP contribution in [-0.4, -0.2) is 78.1 Å². The largest absolute Gasteiger partial charge is 0.382 e. The zero-order chi connectivity index (χ0) is 17.3. The normalized spacial score (nSPS) is 10.8. The van der Waals surface area contributed by atoms with E-state index in [0.717, 1.165) is 0 Å². The van der Waals surface area contributed by atoms with Gasteiger partial charge in [0.15, 0.2) is 0 Å². The Morgan fingerprint density at radius 1 is 0.870 bits per heavy atom. The quantitative estimate of drug-likeness (QED) is 0.197. The van der Waals surface area contributed by atoms with Crippen LogP contribution in [0.4, 0.5) is 0 Å². The van der Waals surface area contributed by atoms with Gasteiger partial charge in [0, 0.05) is 39.9 Å². The molecule has 2 amide bonds. The zero-order valence-electron chi connectivity index (χ0n) is 13.8. The molecule has 0 rings (SSSR count). The van der Waals surface area contributed by atoms with Gasteiger partial charge in [0.05, 0.1) is 26.4 Å². The van der Waals surface area contributed by atoms with E-state index in [9.17, 15) is 9.59 Å². The van der Waals surface area contributed by atoms with Crippen LogP contribution in [0, 0.1) is 5.92 Å². The lowest BCUT2D eigenvalue weighted by Crippen LogP contribution is -2.44. The van der Waals surface area contributed by atoms with Crippen LogP contribution in [0.15, 0.2) is 0 Å². The molecule has 0 bridgehead atoms. The average Bonchev–Trinajstić information content (AvgIpc) is 2.56. The van der Waals surface area contributed by atoms with E-state index in [2.05, 4.69) is 10.6 Å². The number of methoxy groups -OCH3 is 1. The van der Waals surface area contributed by atoms with E-state index in [1.807, 2.05) is 0 Å². The summed E-state index contributed by atoms with van der Waals surface area (Å²) in [5.41, 5.74) is 10.7. The third kappa shape index (κ3) is 11.9. The smallest absolute Gasteiger partial charge is 0.232 e. The van der Waals surface area contributed by atoms with Crippen LogP contribution >= 0.6 is 0 Å². The molecule has 0 aromatic rings. The molecule has 0 aliphatic carbocycles. The average molecular weight is 334 g/mol. The van der Waals surface area contributed by atoms with E-state index in [0.29, 0.717) is 52.6 Å². The minimum atomic E-state index is -0.817. The monoisotopic (exact) mass is 334 g/mol. The summed E-state index contributed by atoms with van der Waals surface area (Å²) in [6.07, 6.45) is 0.283. The van der Waals surface area contributed by atoms with E-state index < -0.39 is 5.92 Å². The number of carbonyl (C=O) groups is 2. The molecule has 0 unspecified atom stereocenters. The summed E-state index contributed by atoms with van der Waals surface area (Å²) in [6, 6.07) is 0. The van der Waals surface area contributed by atoms with Crippen molar-refractivity contribution in [1.82, 2.24) is 10.6 Å². The van der Waals surface area contributed by atoms with Crippen LogP contribution in [-0.2, 0) is 23.8 Å². The van der Waals surface area contributed by atoms with Gasteiger partial charge in [-0.3, -0.25) is 9.59 Å². The molecule has 0 saturated heterocycles. The van der Waals surface area contributed by atoms with Crippen molar-refractivity contribution in [2.24, 2.45) is 17.4 Å². The molecule has 136 valence electrons. The van der Waals surface area contributed by atoms with Crippen LogP contribution in [0.5, 0.6) is 0 Å². The minimum Gasteiger partial charge on any atom is -0.382 e. The molecule has 0 aliphatic heterocycles. The minimum absolute atomic E-state index is 0.282. The second kappa shape index (κ2) is 15.6. The van der Waals surface area contributed by atoms with Crippen molar-refractivity contribution in [2.45, 2.75) is 6.42 Å². The Hall–Kier alpha value is -1.26. The standard InChI is InChI=1S/C14H30N4O5/c1-21-8-9-23-11-10-22-7-2-12(13(19)17-5-3-15)14(20)18-6-4-16/h12H,2-11,15-16H2,1H3,(H,17,19)(H,18,20). The number of rotatable bonds is 15. The van der Waals surface area contributed by atoms with Crippen molar-refractivity contribution < 1.29 is 23.8 Å². The van der Waals surface area contributed by atoms with Gasteiger partial charge in [-0.2, -0.15) is 0 Å². The lowest BCUT2D eigenvalue weighted by atomic mass is 10.0. The predicted molar refractivity (Wildman–Crippen MR) is 85.7 cm³/mol. The summed E-state index contributed by atoms with van der Waals surface area (Å²) >= 11 is 0. The van der Waals surface area contributed by atoms with Gasteiger partial charge in [0.1, 0.15) is 5.92 Å². The van der Waals surface area contributed by atoms with Crippen molar-refractivity contribution >= 4 is 11.8 Å². The van der Waals surface area contributed by atoms with Crippen molar-refractivity contribution in [3.05, 3.63) is 0 Å². The van der Waals surface area contributed by atoms with E-state index in [1.54, 1.807) is 7.11 Å². The highest BCUT2D eigenvalue weighted by atomic mass is 16.5. The summed E-state index contributed by atoms with van der Waals surface area (Å²) in [5.74, 6) is -1.53. The third-order valence-corrected chi connectivity index (χ3v) is 2.87. The number of hydrogen-bond donors (Lipinski definition) is 4. The topological polar surface area (TPSA) is 138 Å². The summed E-state index contributed by atoms with van der Waals surface area (Å²) in [6.45, 7) is 3.44. The SMILES string of the molecule is COCCOCCOCCC(C(=O)NCCN)C(=O)NCCN. The number of nitrogens with one attached hydrogen (secondary N) is 2. The molecule has 0 aromatic heterocycles. The van der Waals surface area contributed by atoms with Crippen LogP contribution in [0.25, 0.3) is 0 Å². The fourth-order valence-corrected chi connectivity index (χ4v) is 1.68. The van der Waals surface area contributed by atoms with Crippen molar-refractivity contribution in [1.29, 1.82) is 0 Å². The van der Waals surface area contributed by atoms with Gasteiger partial charge < -0.3 is 36.3 Å². The molecule has 0 spiro atoms. The van der Waals surface area contributed by atoms with E-state index in [4.69, 9.17) is 25.7 Å². The van der Waals surface area contributed by atoms with E-state index in [-0.39, 0.29) is 24.8 Å². The first-order chi connectivity index (χ1) is 11.2. The number of hydrogen-bond acceptors (Lipinski definition) is 7. The third-order valence-electron chi connectivity index (χ3n) is 2.87. The van der Waals surface area contributed by atoms with Crippen molar-refractivity contribution in [3.8, 4) is 0 Å². The fourth-order valence-electron chi connectivity index (χ4n) is 1.68. The van der Waals surface area contributed by atoms with Crippen molar-refractivity contribution in [2.75, 3.05) is 66.3 Å². The highest BCUT2D eigenvalue weighted by Crippen LogP contribution is 2.04. The molecule has 0 radical (unpaired) electrons. The van der Waals surface area contributed by atoms with Crippen LogP contribution in [0.1, 0.15) is 6.42 Å². The molecule has 9 heteroatoms. The number of carbonyl (C=O) groups excluding carboxylic acids is 2. The van der Waals surface area contributed by atoms with Gasteiger partial charge in [0.25, 0.3) is 0 Å². The Balaban J connectivity index is 4.05. The van der Waals surface area contributed by atoms with Gasteiger partial charge in [-0.25, -0.2) is 0 Å². The van der Waals surface area contributed by atoms with Crippen LogP contribution in [0.3, 0.4) is 0 Å². The Morgan fingerprint density at radius 3 is 1.83 bits per heavy atom. The number of nitrogens with two attached hydrogens (primary N) is 2. The van der Waals surface area contributed by atoms with Gasteiger partial charge in [-0.15, -0.1) is 0 Å². The van der Waals surface area contributed by atoms with Gasteiger partial charge in [-0.05, 0) is 6.42 Å². The Kier molecular flexibility index (Phi) is 14.8. The number of amides is 2. The predicted octanol–water partition coefficient (Wildman–Crippen LogP) is -2.18. The molecule has 23 heavy (non-hydrogen) atoms.